The van der Waals surface area contributed by atoms with Crippen molar-refractivity contribution in [3.63, 3.8) is 0 Å². The molecule has 4 unspecified atom stereocenters. The van der Waals surface area contributed by atoms with Crippen molar-refractivity contribution in [2.24, 2.45) is 0 Å². The van der Waals surface area contributed by atoms with Gasteiger partial charge in [-0.1, -0.05) is 205 Å². The van der Waals surface area contributed by atoms with Gasteiger partial charge in [-0.2, -0.15) is 0 Å². The molecule has 0 radical (unpaired) electrons. The van der Waals surface area contributed by atoms with Gasteiger partial charge in [-0.3, -0.25) is 19.4 Å². The van der Waals surface area contributed by atoms with Crippen molar-refractivity contribution < 1.29 is 30.0 Å². The third-order valence-electron chi connectivity index (χ3n) is 11.8. The van der Waals surface area contributed by atoms with E-state index in [9.17, 15) is 30.0 Å². The number of aliphatic hydroxyl groups is 4. The first-order valence-corrected chi connectivity index (χ1v) is 27.6. The van der Waals surface area contributed by atoms with Crippen LogP contribution in [0.5, 0.6) is 0 Å². The van der Waals surface area contributed by atoms with Gasteiger partial charge in [0.25, 0.3) is 0 Å². The molecule has 0 aliphatic rings. The van der Waals surface area contributed by atoms with E-state index in [1.165, 1.54) is 126 Å². The second-order valence-electron chi connectivity index (χ2n) is 18.0. The van der Waals surface area contributed by atoms with E-state index >= 15 is 0 Å². The number of carbonyl (C=O) groups is 2. The van der Waals surface area contributed by atoms with Gasteiger partial charge in [0.05, 0.1) is 24.4 Å². The van der Waals surface area contributed by atoms with E-state index in [2.05, 4.69) is 37.5 Å². The molecule has 0 aromatic carbocycles. The zero-order valence-electron chi connectivity index (χ0n) is 39.9. The quantitative estimate of drug-likeness (QED) is 0.0440. The van der Waals surface area contributed by atoms with Gasteiger partial charge < -0.3 is 20.4 Å². The van der Waals surface area contributed by atoms with Gasteiger partial charge in [0.1, 0.15) is 0 Å². The Morgan fingerprint density at radius 2 is 0.600 bits per heavy atom. The van der Waals surface area contributed by atoms with Crippen LogP contribution in [0.2, 0.25) is 0 Å². The fraction of sp³-hybridized carbons (Fsp3) is 0.960. The second-order valence-corrected chi connectivity index (χ2v) is 20.3. The molecule has 0 aromatic heterocycles. The van der Waals surface area contributed by atoms with Gasteiger partial charge in [0, 0.05) is 63.6 Å². The van der Waals surface area contributed by atoms with E-state index in [1.54, 1.807) is 0 Å². The molecule has 0 aromatic rings. The molecule has 10 heteroatoms. The third kappa shape index (κ3) is 41.8. The van der Waals surface area contributed by atoms with E-state index in [0.29, 0.717) is 52.1 Å². The zero-order valence-corrected chi connectivity index (χ0v) is 41.5. The lowest BCUT2D eigenvalue weighted by molar-refractivity contribution is -0.112. The smallest absolute Gasteiger partial charge is 0.190 e. The Balaban J connectivity index is 4.68. The molecule has 4 N–H and O–H groups in total. The summed E-state index contributed by atoms with van der Waals surface area (Å²) in [6, 6.07) is 0. The number of hydrogen-bond acceptors (Lipinski definition) is 10. The summed E-state index contributed by atoms with van der Waals surface area (Å²) >= 11 is 2.74. The Kier molecular flexibility index (Phi) is 45.2. The van der Waals surface area contributed by atoms with Crippen LogP contribution in [0.1, 0.15) is 233 Å². The lowest BCUT2D eigenvalue weighted by Crippen LogP contribution is -2.39. The number of hydrogen-bond donors (Lipinski definition) is 4. The Bertz CT molecular complexity index is 813. The Morgan fingerprint density at radius 1 is 0.367 bits per heavy atom. The molecular formula is C50H100N2O6S2. The molecule has 0 bridgehead atoms. The first kappa shape index (κ1) is 59.8. The Labute approximate surface area is 380 Å². The molecule has 4 atom stereocenters. The minimum Gasteiger partial charge on any atom is -0.392 e. The lowest BCUT2D eigenvalue weighted by Gasteiger charge is -2.27. The van der Waals surface area contributed by atoms with Crippen LogP contribution >= 0.6 is 23.5 Å². The molecule has 0 heterocycles. The molecule has 8 nitrogen and oxygen atoms in total. The maximum atomic E-state index is 12.9. The monoisotopic (exact) mass is 889 g/mol. The summed E-state index contributed by atoms with van der Waals surface area (Å²) in [7, 11) is 0. The summed E-state index contributed by atoms with van der Waals surface area (Å²) in [5, 5.41) is 43.7. The second kappa shape index (κ2) is 45.4. The average Bonchev–Trinajstić information content (AvgIpc) is 3.22. The fourth-order valence-corrected chi connectivity index (χ4v) is 9.56. The van der Waals surface area contributed by atoms with Crippen LogP contribution in [0.15, 0.2) is 0 Å². The molecule has 0 aliphatic heterocycles. The summed E-state index contributed by atoms with van der Waals surface area (Å²) in [6.07, 6.45) is 32.5. The molecule has 0 saturated heterocycles. The van der Waals surface area contributed by atoms with Crippen molar-refractivity contribution in [3.8, 4) is 0 Å². The minimum absolute atomic E-state index is 0.150. The van der Waals surface area contributed by atoms with Gasteiger partial charge in [-0.15, -0.1) is 0 Å². The summed E-state index contributed by atoms with van der Waals surface area (Å²) in [6.45, 7) is 12.0. The highest BCUT2D eigenvalue weighted by Crippen LogP contribution is 2.18. The van der Waals surface area contributed by atoms with Crippen molar-refractivity contribution in [2.75, 3.05) is 50.8 Å². The molecule has 60 heavy (non-hydrogen) atoms. The van der Waals surface area contributed by atoms with Crippen LogP contribution in [0.3, 0.4) is 0 Å². The van der Waals surface area contributed by atoms with Crippen molar-refractivity contribution in [2.45, 2.75) is 258 Å². The molecule has 0 aliphatic carbocycles. The van der Waals surface area contributed by atoms with Crippen LogP contribution in [0, 0.1) is 0 Å². The fourth-order valence-electron chi connectivity index (χ4n) is 7.93. The molecule has 0 saturated carbocycles. The van der Waals surface area contributed by atoms with Gasteiger partial charge in [-0.05, 0) is 38.5 Å². The normalized spacial score (nSPS) is 14.0. The Morgan fingerprint density at radius 3 is 0.850 bits per heavy atom. The summed E-state index contributed by atoms with van der Waals surface area (Å²) < 4.78 is 0. The van der Waals surface area contributed by atoms with E-state index in [-0.39, 0.29) is 10.2 Å². The van der Waals surface area contributed by atoms with Crippen LogP contribution in [-0.4, -0.2) is 116 Å². The molecule has 358 valence electrons. The highest BCUT2D eigenvalue weighted by Gasteiger charge is 2.19. The van der Waals surface area contributed by atoms with Crippen LogP contribution in [0.4, 0.5) is 0 Å². The zero-order chi connectivity index (χ0) is 44.3. The van der Waals surface area contributed by atoms with Crippen molar-refractivity contribution in [3.05, 3.63) is 0 Å². The third-order valence-corrected chi connectivity index (χ3v) is 13.8. The van der Waals surface area contributed by atoms with Gasteiger partial charge >= 0.3 is 0 Å². The number of nitrogens with zero attached hydrogens (tertiary/aromatic N) is 2. The largest absolute Gasteiger partial charge is 0.392 e. The minimum atomic E-state index is -0.438. The lowest BCUT2D eigenvalue weighted by atomic mass is 10.1. The van der Waals surface area contributed by atoms with E-state index in [1.807, 2.05) is 0 Å². The standard InChI is InChI=1S/C50H100N2O6S2/c1-5-9-13-17-21-25-31-45(53)41-51(42-46(54)32-26-22-18-14-10-6-2)37-35-49(57)59-39-29-30-40-60-50(58)36-38-52(43-47(55)33-27-23-19-15-11-7-3)44-48(56)34-28-24-20-16-12-8-4/h45-48,53-56H,5-44H2,1-4H3. The highest BCUT2D eigenvalue weighted by molar-refractivity contribution is 8.13. The van der Waals surface area contributed by atoms with Gasteiger partial charge in [-0.25, -0.2) is 0 Å². The predicted molar refractivity (Wildman–Crippen MR) is 262 cm³/mol. The maximum Gasteiger partial charge on any atom is 0.190 e. The maximum absolute atomic E-state index is 12.9. The topological polar surface area (TPSA) is 122 Å². The Hall–Kier alpha value is -0.200. The van der Waals surface area contributed by atoms with Crippen molar-refractivity contribution >= 4 is 33.8 Å². The SMILES string of the molecule is CCCCCCCCC(O)CN(CCC(=O)SCCCCSC(=O)CCN(CC(O)CCCCCCCC)CC(O)CCCCCCCC)CC(O)CCCCCCCC. The number of rotatable bonds is 47. The first-order valence-electron chi connectivity index (χ1n) is 25.6. The number of carbonyl (C=O) groups excluding carboxylic acids is 2. The number of thioether (sulfide) groups is 2. The van der Waals surface area contributed by atoms with Crippen LogP contribution in [0.25, 0.3) is 0 Å². The van der Waals surface area contributed by atoms with Crippen molar-refractivity contribution in [1.82, 2.24) is 9.80 Å². The van der Waals surface area contributed by atoms with Crippen molar-refractivity contribution in [1.29, 1.82) is 0 Å². The summed E-state index contributed by atoms with van der Waals surface area (Å²) in [5.74, 6) is 1.46. The molecule has 0 rings (SSSR count). The van der Waals surface area contributed by atoms with E-state index < -0.39 is 24.4 Å². The van der Waals surface area contributed by atoms with Gasteiger partial charge in [0.2, 0.25) is 0 Å². The average molecular weight is 889 g/mol. The first-order chi connectivity index (χ1) is 29.1. The molecule has 0 spiro atoms. The molecule has 0 amide bonds. The van der Waals surface area contributed by atoms with E-state index in [0.717, 1.165) is 101 Å². The predicted octanol–water partition coefficient (Wildman–Crippen LogP) is 12.1. The van der Waals surface area contributed by atoms with E-state index in [4.69, 9.17) is 0 Å². The number of aliphatic hydroxyl groups excluding tert-OH is 4. The highest BCUT2D eigenvalue weighted by atomic mass is 32.2. The summed E-state index contributed by atoms with van der Waals surface area (Å²) in [4.78, 5) is 30.0. The van der Waals surface area contributed by atoms with Gasteiger partial charge in [0.15, 0.2) is 10.2 Å². The molecule has 0 fully saturated rings. The van der Waals surface area contributed by atoms with Crippen LogP contribution in [-0.2, 0) is 9.59 Å². The number of unbranched alkanes of at least 4 members (excludes halogenated alkanes) is 21. The summed E-state index contributed by atoms with van der Waals surface area (Å²) in [5.41, 5.74) is 0. The van der Waals surface area contributed by atoms with Crippen LogP contribution < -0.4 is 0 Å². The molecular weight excluding hydrogens is 789 g/mol.